The van der Waals surface area contributed by atoms with Crippen LogP contribution in [-0.4, -0.2) is 45.9 Å². The summed E-state index contributed by atoms with van der Waals surface area (Å²) in [6.45, 7) is 1.40. The van der Waals surface area contributed by atoms with E-state index in [1.807, 2.05) is 0 Å². The van der Waals surface area contributed by atoms with Crippen LogP contribution in [0.25, 0.3) is 5.65 Å². The number of ether oxygens (including phenoxy) is 1. The number of carboxylic acid groups (broad SMARTS) is 1. The Kier molecular flexibility index (Phi) is 4.33. The third-order valence-corrected chi connectivity index (χ3v) is 3.17. The van der Waals surface area contributed by atoms with Crippen molar-refractivity contribution in [2.75, 3.05) is 25.6 Å². The van der Waals surface area contributed by atoms with Crippen LogP contribution in [0.2, 0.25) is 0 Å². The maximum absolute atomic E-state index is 11.0. The molecule has 0 atom stereocenters. The van der Waals surface area contributed by atoms with Crippen LogP contribution in [0.5, 0.6) is 0 Å². The molecule has 8 heteroatoms. The number of hydrogen-bond donors (Lipinski definition) is 2. The van der Waals surface area contributed by atoms with E-state index in [0.717, 1.165) is 13.0 Å². The molecule has 0 fully saturated rings. The normalized spacial score (nSPS) is 10.8. The van der Waals surface area contributed by atoms with Crippen molar-refractivity contribution in [2.24, 2.45) is 0 Å². The van der Waals surface area contributed by atoms with Gasteiger partial charge in [-0.1, -0.05) is 0 Å². The van der Waals surface area contributed by atoms with Gasteiger partial charge in [-0.15, -0.1) is 5.10 Å². The van der Waals surface area contributed by atoms with Crippen LogP contribution >= 0.6 is 15.9 Å². The first kappa shape index (κ1) is 13.8. The third-order valence-electron chi connectivity index (χ3n) is 2.46. The van der Waals surface area contributed by atoms with Gasteiger partial charge in [-0.3, -0.25) is 0 Å². The highest BCUT2D eigenvalue weighted by molar-refractivity contribution is 9.10. The van der Waals surface area contributed by atoms with Gasteiger partial charge in [0, 0.05) is 20.3 Å². The van der Waals surface area contributed by atoms with Gasteiger partial charge < -0.3 is 15.2 Å². The average molecular weight is 329 g/mol. The van der Waals surface area contributed by atoms with Crippen molar-refractivity contribution in [1.82, 2.24) is 14.6 Å². The highest BCUT2D eigenvalue weighted by Gasteiger charge is 2.16. The van der Waals surface area contributed by atoms with Crippen LogP contribution in [0.4, 0.5) is 5.82 Å². The summed E-state index contributed by atoms with van der Waals surface area (Å²) >= 11 is 3.19. The molecule has 0 aromatic carbocycles. The van der Waals surface area contributed by atoms with Gasteiger partial charge in [-0.25, -0.2) is 14.3 Å². The zero-order valence-electron chi connectivity index (χ0n) is 10.3. The molecule has 0 aliphatic rings. The van der Waals surface area contributed by atoms with Crippen molar-refractivity contribution in [3.8, 4) is 0 Å². The topological polar surface area (TPSA) is 88.8 Å². The predicted octanol–water partition coefficient (Wildman–Crippen LogP) is 1.64. The number of hydrogen-bond acceptors (Lipinski definition) is 5. The van der Waals surface area contributed by atoms with Gasteiger partial charge in [0.2, 0.25) is 0 Å². The Balaban J connectivity index is 2.20. The lowest BCUT2D eigenvalue weighted by molar-refractivity contribution is 0.0690. The van der Waals surface area contributed by atoms with Crippen molar-refractivity contribution in [3.05, 3.63) is 22.4 Å². The number of imidazole rings is 1. The molecule has 0 radical (unpaired) electrons. The fourth-order valence-corrected chi connectivity index (χ4v) is 2.09. The molecule has 0 aliphatic heterocycles. The standard InChI is InChI=1S/C11H13BrN4O3/c1-19-6-2-5-13-7-3-4-8-14-9(11(17)18)10(12)16(8)15-7/h3-4H,2,5-6H2,1H3,(H,13,15)(H,17,18). The Hall–Kier alpha value is -1.67. The van der Waals surface area contributed by atoms with E-state index in [9.17, 15) is 4.79 Å². The number of rotatable bonds is 6. The second kappa shape index (κ2) is 5.98. The van der Waals surface area contributed by atoms with Gasteiger partial charge in [0.15, 0.2) is 11.3 Å². The monoisotopic (exact) mass is 328 g/mol. The number of aromatic nitrogens is 3. The molecule has 0 saturated carbocycles. The lowest BCUT2D eigenvalue weighted by Crippen LogP contribution is -2.07. The van der Waals surface area contributed by atoms with Gasteiger partial charge in [-0.2, -0.15) is 0 Å². The zero-order valence-corrected chi connectivity index (χ0v) is 11.8. The van der Waals surface area contributed by atoms with E-state index in [0.29, 0.717) is 22.7 Å². The van der Waals surface area contributed by atoms with Gasteiger partial charge in [-0.05, 0) is 34.5 Å². The summed E-state index contributed by atoms with van der Waals surface area (Å²) in [5.74, 6) is -0.439. The summed E-state index contributed by atoms with van der Waals surface area (Å²) in [7, 11) is 1.65. The molecular formula is C11H13BrN4O3. The van der Waals surface area contributed by atoms with E-state index in [1.54, 1.807) is 19.2 Å². The molecule has 0 amide bonds. The first-order valence-electron chi connectivity index (χ1n) is 5.65. The minimum atomic E-state index is -1.09. The number of fused-ring (bicyclic) bond motifs is 1. The lowest BCUT2D eigenvalue weighted by atomic mass is 10.4. The van der Waals surface area contributed by atoms with Crippen LogP contribution in [0.3, 0.4) is 0 Å². The summed E-state index contributed by atoms with van der Waals surface area (Å²) in [6, 6.07) is 3.47. The van der Waals surface area contributed by atoms with Crippen LogP contribution in [0, 0.1) is 0 Å². The smallest absolute Gasteiger partial charge is 0.357 e. The number of carbonyl (C=O) groups is 1. The molecule has 0 unspecified atom stereocenters. The fraction of sp³-hybridized carbons (Fsp3) is 0.364. The fourth-order valence-electron chi connectivity index (χ4n) is 1.57. The molecule has 0 bridgehead atoms. The molecule has 102 valence electrons. The van der Waals surface area contributed by atoms with Gasteiger partial charge >= 0.3 is 5.97 Å². The molecule has 0 aliphatic carbocycles. The maximum atomic E-state index is 11.0. The van der Waals surface area contributed by atoms with E-state index in [4.69, 9.17) is 9.84 Å². The van der Waals surface area contributed by atoms with Crippen molar-refractivity contribution < 1.29 is 14.6 Å². The largest absolute Gasteiger partial charge is 0.476 e. The van der Waals surface area contributed by atoms with Crippen molar-refractivity contribution in [3.63, 3.8) is 0 Å². The summed E-state index contributed by atoms with van der Waals surface area (Å²) < 4.78 is 6.73. The first-order chi connectivity index (χ1) is 9.13. The van der Waals surface area contributed by atoms with Crippen molar-refractivity contribution in [2.45, 2.75) is 6.42 Å². The second-order valence-electron chi connectivity index (χ2n) is 3.82. The summed E-state index contributed by atoms with van der Waals surface area (Å²) in [6.07, 6.45) is 0.863. The number of nitrogens with zero attached hydrogens (tertiary/aromatic N) is 3. The third kappa shape index (κ3) is 3.02. The van der Waals surface area contributed by atoms with Crippen molar-refractivity contribution >= 4 is 33.4 Å². The number of anilines is 1. The van der Waals surface area contributed by atoms with Crippen LogP contribution in [0.15, 0.2) is 16.7 Å². The molecule has 2 aromatic heterocycles. The number of nitrogens with one attached hydrogen (secondary N) is 1. The molecule has 7 nitrogen and oxygen atoms in total. The molecule has 2 heterocycles. The highest BCUT2D eigenvalue weighted by Crippen LogP contribution is 2.19. The SMILES string of the molecule is COCCCNc1ccc2nc(C(=O)O)c(Br)n2n1. The predicted molar refractivity (Wildman–Crippen MR) is 72.6 cm³/mol. The van der Waals surface area contributed by atoms with E-state index >= 15 is 0 Å². The van der Waals surface area contributed by atoms with Crippen LogP contribution < -0.4 is 5.32 Å². The zero-order chi connectivity index (χ0) is 13.8. The second-order valence-corrected chi connectivity index (χ2v) is 4.57. The molecule has 2 N–H and O–H groups in total. The quantitative estimate of drug-likeness (QED) is 0.783. The number of carboxylic acids is 1. The Morgan fingerprint density at radius 1 is 1.58 bits per heavy atom. The Bertz CT molecular complexity index is 599. The number of halogens is 1. The molecule has 2 rings (SSSR count). The Morgan fingerprint density at radius 2 is 2.37 bits per heavy atom. The van der Waals surface area contributed by atoms with Gasteiger partial charge in [0.05, 0.1) is 0 Å². The van der Waals surface area contributed by atoms with Crippen LogP contribution in [0.1, 0.15) is 16.9 Å². The number of aromatic carboxylic acids is 1. The van der Waals surface area contributed by atoms with Gasteiger partial charge in [0.25, 0.3) is 0 Å². The molecule has 0 spiro atoms. The highest BCUT2D eigenvalue weighted by atomic mass is 79.9. The molecule has 2 aromatic rings. The van der Waals surface area contributed by atoms with Crippen molar-refractivity contribution in [1.29, 1.82) is 0 Å². The van der Waals surface area contributed by atoms with E-state index in [2.05, 4.69) is 31.3 Å². The van der Waals surface area contributed by atoms with Gasteiger partial charge in [0.1, 0.15) is 10.4 Å². The van der Waals surface area contributed by atoms with E-state index in [1.165, 1.54) is 4.52 Å². The first-order valence-corrected chi connectivity index (χ1v) is 6.44. The Morgan fingerprint density at radius 3 is 3.05 bits per heavy atom. The summed E-state index contributed by atoms with van der Waals surface area (Å²) in [5.41, 5.74) is 0.427. The number of methoxy groups -OCH3 is 1. The molecular weight excluding hydrogens is 316 g/mol. The van der Waals surface area contributed by atoms with Crippen LogP contribution in [-0.2, 0) is 4.74 Å². The molecule has 19 heavy (non-hydrogen) atoms. The average Bonchev–Trinajstić information content (AvgIpc) is 2.72. The molecule has 0 saturated heterocycles. The summed E-state index contributed by atoms with van der Waals surface area (Å²) in [4.78, 5) is 14.9. The van der Waals surface area contributed by atoms with E-state index in [-0.39, 0.29) is 5.69 Å². The summed E-state index contributed by atoms with van der Waals surface area (Å²) in [5, 5.41) is 16.4. The lowest BCUT2D eigenvalue weighted by Gasteiger charge is -2.05. The minimum absolute atomic E-state index is 0.0518. The maximum Gasteiger partial charge on any atom is 0.357 e. The van der Waals surface area contributed by atoms with E-state index < -0.39 is 5.97 Å². The minimum Gasteiger partial charge on any atom is -0.476 e. The Labute approximate surface area is 117 Å².